The Labute approximate surface area is 137 Å². The van der Waals surface area contributed by atoms with E-state index in [0.717, 1.165) is 32.2 Å². The van der Waals surface area contributed by atoms with E-state index in [1.165, 1.54) is 0 Å². The van der Waals surface area contributed by atoms with Gasteiger partial charge in [0.15, 0.2) is 5.67 Å². The summed E-state index contributed by atoms with van der Waals surface area (Å²) in [6.07, 6.45) is 4.77. The van der Waals surface area contributed by atoms with E-state index in [-0.39, 0.29) is 17.2 Å². The second-order valence-corrected chi connectivity index (χ2v) is 7.42. The molecule has 3 aliphatic rings. The number of hydrogen-bond acceptors (Lipinski definition) is 3. The molecule has 0 radical (unpaired) electrons. The lowest BCUT2D eigenvalue weighted by atomic mass is 9.71. The van der Waals surface area contributed by atoms with Gasteiger partial charge in [0.25, 0.3) is 5.91 Å². The van der Waals surface area contributed by atoms with Crippen LogP contribution in [0.2, 0.25) is 0 Å². The first kappa shape index (κ1) is 16.7. The van der Waals surface area contributed by atoms with E-state index < -0.39 is 5.67 Å². The number of rotatable bonds is 4. The fourth-order valence-electron chi connectivity index (χ4n) is 4.08. The summed E-state index contributed by atoms with van der Waals surface area (Å²) in [7, 11) is 1.64. The van der Waals surface area contributed by atoms with Crippen LogP contribution in [0.15, 0.2) is 0 Å². The zero-order valence-corrected chi connectivity index (χ0v) is 14.0. The maximum absolute atomic E-state index is 14.3. The van der Waals surface area contributed by atoms with E-state index >= 15 is 0 Å². The number of ether oxygens (including phenoxy) is 1. The van der Waals surface area contributed by atoms with Crippen molar-refractivity contribution in [2.24, 2.45) is 5.41 Å². The topological polar surface area (TPSA) is 49.9 Å². The lowest BCUT2D eigenvalue weighted by Crippen LogP contribution is -2.56. The molecule has 3 rings (SSSR count). The number of carbonyl (C=O) groups is 2. The number of hydrogen-bond donors (Lipinski definition) is 0. The molecule has 5 nitrogen and oxygen atoms in total. The summed E-state index contributed by atoms with van der Waals surface area (Å²) >= 11 is 0. The molecule has 6 heteroatoms. The number of methoxy groups -OCH3 is 1. The predicted octanol–water partition coefficient (Wildman–Crippen LogP) is 1.76. The molecule has 0 aromatic heterocycles. The SMILES string of the molecule is COCCN1CC2(CCC1=O)CCN(C(=O)C1(F)CCC1)CC2. The Morgan fingerprint density at radius 2 is 1.91 bits per heavy atom. The van der Waals surface area contributed by atoms with Gasteiger partial charge in [-0.3, -0.25) is 9.59 Å². The quantitative estimate of drug-likeness (QED) is 0.791. The minimum absolute atomic E-state index is 0.0987. The Bertz CT molecular complexity index is 470. The molecular weight excluding hydrogens is 299 g/mol. The molecule has 2 amide bonds. The lowest BCUT2D eigenvalue weighted by Gasteiger charge is -2.48. The van der Waals surface area contributed by atoms with Crippen molar-refractivity contribution in [3.63, 3.8) is 0 Å². The minimum atomic E-state index is -1.59. The van der Waals surface area contributed by atoms with Gasteiger partial charge in [0, 0.05) is 39.7 Å². The second-order valence-electron chi connectivity index (χ2n) is 7.42. The molecule has 0 N–H and O–H groups in total. The van der Waals surface area contributed by atoms with Gasteiger partial charge in [-0.15, -0.1) is 0 Å². The number of amides is 2. The molecule has 1 saturated carbocycles. The number of halogens is 1. The lowest BCUT2D eigenvalue weighted by molar-refractivity contribution is -0.154. The summed E-state index contributed by atoms with van der Waals surface area (Å²) in [5.74, 6) is -0.106. The van der Waals surface area contributed by atoms with Gasteiger partial charge >= 0.3 is 0 Å². The summed E-state index contributed by atoms with van der Waals surface area (Å²) in [4.78, 5) is 27.9. The number of carbonyl (C=O) groups excluding carboxylic acids is 2. The molecule has 0 aromatic carbocycles. The molecule has 2 saturated heterocycles. The van der Waals surface area contributed by atoms with Crippen molar-refractivity contribution in [2.75, 3.05) is 39.9 Å². The number of nitrogens with zero attached hydrogens (tertiary/aromatic N) is 2. The smallest absolute Gasteiger partial charge is 0.260 e. The normalized spacial score (nSPS) is 26.3. The molecular formula is C17H27FN2O3. The fourth-order valence-corrected chi connectivity index (χ4v) is 4.08. The van der Waals surface area contributed by atoms with Crippen LogP contribution in [0.3, 0.4) is 0 Å². The number of likely N-dealkylation sites (tertiary alicyclic amines) is 2. The first-order valence-corrected chi connectivity index (χ1v) is 8.73. The van der Waals surface area contributed by atoms with Crippen molar-refractivity contribution in [3.05, 3.63) is 0 Å². The van der Waals surface area contributed by atoms with Gasteiger partial charge in [-0.2, -0.15) is 0 Å². The highest BCUT2D eigenvalue weighted by Gasteiger charge is 2.49. The highest BCUT2D eigenvalue weighted by molar-refractivity contribution is 5.86. The average Bonchev–Trinajstić information content (AvgIpc) is 2.54. The molecule has 130 valence electrons. The average molecular weight is 326 g/mol. The summed E-state index contributed by atoms with van der Waals surface area (Å²) in [6.45, 7) is 3.18. The van der Waals surface area contributed by atoms with Crippen LogP contribution in [-0.2, 0) is 14.3 Å². The molecule has 2 heterocycles. The van der Waals surface area contributed by atoms with E-state index in [9.17, 15) is 14.0 Å². The van der Waals surface area contributed by atoms with Crippen LogP contribution >= 0.6 is 0 Å². The second kappa shape index (κ2) is 6.38. The van der Waals surface area contributed by atoms with Crippen molar-refractivity contribution in [2.45, 2.75) is 50.6 Å². The first-order valence-electron chi connectivity index (χ1n) is 8.73. The van der Waals surface area contributed by atoms with Gasteiger partial charge in [-0.1, -0.05) is 0 Å². The highest BCUT2D eigenvalue weighted by Crippen LogP contribution is 2.43. The molecule has 0 atom stereocenters. The summed E-state index contributed by atoms with van der Waals surface area (Å²) in [6, 6.07) is 0. The largest absolute Gasteiger partial charge is 0.383 e. The van der Waals surface area contributed by atoms with Gasteiger partial charge in [0.1, 0.15) is 0 Å². The van der Waals surface area contributed by atoms with Gasteiger partial charge in [0.05, 0.1) is 6.61 Å². The summed E-state index contributed by atoms with van der Waals surface area (Å²) < 4.78 is 19.4. The first-order chi connectivity index (χ1) is 11.0. The van der Waals surface area contributed by atoms with Crippen molar-refractivity contribution in [1.82, 2.24) is 9.80 Å². The number of piperidine rings is 2. The zero-order valence-electron chi connectivity index (χ0n) is 14.0. The van der Waals surface area contributed by atoms with Crippen LogP contribution < -0.4 is 0 Å². The van der Waals surface area contributed by atoms with E-state index in [1.54, 1.807) is 12.0 Å². The van der Waals surface area contributed by atoms with Crippen molar-refractivity contribution >= 4 is 11.8 Å². The van der Waals surface area contributed by atoms with Crippen LogP contribution in [0.1, 0.15) is 44.9 Å². The van der Waals surface area contributed by atoms with E-state index in [0.29, 0.717) is 45.5 Å². The predicted molar refractivity (Wildman–Crippen MR) is 83.6 cm³/mol. The van der Waals surface area contributed by atoms with Crippen LogP contribution in [0, 0.1) is 5.41 Å². The Morgan fingerprint density at radius 1 is 1.22 bits per heavy atom. The van der Waals surface area contributed by atoms with Crippen LogP contribution in [0.5, 0.6) is 0 Å². The van der Waals surface area contributed by atoms with Crippen LogP contribution in [-0.4, -0.2) is 67.2 Å². The minimum Gasteiger partial charge on any atom is -0.383 e. The molecule has 2 aliphatic heterocycles. The van der Waals surface area contributed by atoms with Crippen molar-refractivity contribution in [1.29, 1.82) is 0 Å². The van der Waals surface area contributed by atoms with Crippen molar-refractivity contribution < 1.29 is 18.7 Å². The Kier molecular flexibility index (Phi) is 4.63. The van der Waals surface area contributed by atoms with E-state index in [1.807, 2.05) is 4.90 Å². The third-order valence-electron chi connectivity index (χ3n) is 5.95. The third kappa shape index (κ3) is 3.23. The summed E-state index contributed by atoms with van der Waals surface area (Å²) in [5.41, 5.74) is -1.49. The van der Waals surface area contributed by atoms with Crippen molar-refractivity contribution in [3.8, 4) is 0 Å². The molecule has 3 fully saturated rings. The standard InChI is InChI=1S/C17H27FN2O3/c1-23-12-11-20-13-16(6-3-14(20)21)7-9-19(10-8-16)15(22)17(18)4-2-5-17/h2-13H2,1H3. The summed E-state index contributed by atoms with van der Waals surface area (Å²) in [5, 5.41) is 0. The molecule has 0 bridgehead atoms. The number of alkyl halides is 1. The maximum atomic E-state index is 14.3. The molecule has 23 heavy (non-hydrogen) atoms. The Morgan fingerprint density at radius 3 is 2.48 bits per heavy atom. The Balaban J connectivity index is 1.57. The van der Waals surface area contributed by atoms with Gasteiger partial charge in [-0.25, -0.2) is 4.39 Å². The fraction of sp³-hybridized carbons (Fsp3) is 0.882. The van der Waals surface area contributed by atoms with Gasteiger partial charge in [0.2, 0.25) is 5.91 Å². The zero-order chi connectivity index (χ0) is 16.5. The maximum Gasteiger partial charge on any atom is 0.260 e. The van der Waals surface area contributed by atoms with Crippen LogP contribution in [0.4, 0.5) is 4.39 Å². The Hall–Kier alpha value is -1.17. The highest BCUT2D eigenvalue weighted by atomic mass is 19.1. The molecule has 0 unspecified atom stereocenters. The third-order valence-corrected chi connectivity index (χ3v) is 5.95. The van der Waals surface area contributed by atoms with Gasteiger partial charge in [-0.05, 0) is 43.9 Å². The molecule has 0 aromatic rings. The van der Waals surface area contributed by atoms with Crippen LogP contribution in [0.25, 0.3) is 0 Å². The molecule has 1 spiro atoms. The van der Waals surface area contributed by atoms with E-state index in [4.69, 9.17) is 4.74 Å². The van der Waals surface area contributed by atoms with Gasteiger partial charge < -0.3 is 14.5 Å². The molecule has 1 aliphatic carbocycles. The monoisotopic (exact) mass is 326 g/mol. The van der Waals surface area contributed by atoms with E-state index in [2.05, 4.69) is 0 Å².